The highest BCUT2D eigenvalue weighted by Gasteiger charge is 2.32. The van der Waals surface area contributed by atoms with E-state index in [1.165, 1.54) is 24.2 Å². The molecule has 1 aliphatic heterocycles. The SMILES string of the molecule is CCC(C)n1ncc(NCC2CCN(C(=O)C(C)(C)C)CC2)c1C1CC1. The summed E-state index contributed by atoms with van der Waals surface area (Å²) in [6, 6.07) is 0.466. The van der Waals surface area contributed by atoms with Gasteiger partial charge in [0, 0.05) is 37.0 Å². The summed E-state index contributed by atoms with van der Waals surface area (Å²) >= 11 is 0. The summed E-state index contributed by atoms with van der Waals surface area (Å²) in [7, 11) is 0. The lowest BCUT2D eigenvalue weighted by Gasteiger charge is -2.35. The predicted octanol–water partition coefficient (Wildman–Crippen LogP) is 4.43. The maximum absolute atomic E-state index is 12.4. The van der Waals surface area contributed by atoms with E-state index in [9.17, 15) is 4.79 Å². The first-order chi connectivity index (χ1) is 12.3. The first-order valence-electron chi connectivity index (χ1n) is 10.4. The minimum atomic E-state index is -0.269. The van der Waals surface area contributed by atoms with Gasteiger partial charge < -0.3 is 10.2 Å². The van der Waals surface area contributed by atoms with Gasteiger partial charge in [-0.15, -0.1) is 0 Å². The average Bonchev–Trinajstić information content (AvgIpc) is 3.37. The molecule has 5 heteroatoms. The van der Waals surface area contributed by atoms with E-state index in [0.29, 0.717) is 17.9 Å². The van der Waals surface area contributed by atoms with Crippen LogP contribution in [-0.2, 0) is 4.79 Å². The number of aromatic nitrogens is 2. The Morgan fingerprint density at radius 2 is 1.92 bits per heavy atom. The van der Waals surface area contributed by atoms with Gasteiger partial charge in [-0.1, -0.05) is 27.7 Å². The Morgan fingerprint density at radius 3 is 2.46 bits per heavy atom. The van der Waals surface area contributed by atoms with E-state index in [0.717, 1.165) is 38.9 Å². The van der Waals surface area contributed by atoms with Crippen molar-refractivity contribution in [3.05, 3.63) is 11.9 Å². The highest BCUT2D eigenvalue weighted by molar-refractivity contribution is 5.81. The Hall–Kier alpha value is -1.52. The number of anilines is 1. The molecule has 1 aromatic heterocycles. The average molecular weight is 361 g/mol. The molecule has 1 unspecified atom stereocenters. The topological polar surface area (TPSA) is 50.2 Å². The first kappa shape index (κ1) is 19.2. The molecule has 1 saturated heterocycles. The number of nitrogens with zero attached hydrogens (tertiary/aromatic N) is 3. The molecule has 1 N–H and O–H groups in total. The van der Waals surface area contributed by atoms with Gasteiger partial charge in [-0.05, 0) is 44.9 Å². The molecule has 1 atom stereocenters. The molecule has 5 nitrogen and oxygen atoms in total. The van der Waals surface area contributed by atoms with E-state index in [1.54, 1.807) is 0 Å². The summed E-state index contributed by atoms with van der Waals surface area (Å²) in [6.07, 6.45) is 7.91. The van der Waals surface area contributed by atoms with Gasteiger partial charge in [0.2, 0.25) is 5.91 Å². The Kier molecular flexibility index (Phi) is 5.64. The third-order valence-electron chi connectivity index (χ3n) is 5.93. The van der Waals surface area contributed by atoms with E-state index in [1.807, 2.05) is 31.9 Å². The fourth-order valence-corrected chi connectivity index (χ4v) is 3.86. The van der Waals surface area contributed by atoms with Crippen molar-refractivity contribution in [1.82, 2.24) is 14.7 Å². The second-order valence-electron chi connectivity index (χ2n) is 9.29. The minimum Gasteiger partial charge on any atom is -0.382 e. The van der Waals surface area contributed by atoms with Crippen LogP contribution in [0.3, 0.4) is 0 Å². The van der Waals surface area contributed by atoms with Gasteiger partial charge in [0.25, 0.3) is 0 Å². The maximum Gasteiger partial charge on any atom is 0.227 e. The van der Waals surface area contributed by atoms with Crippen LogP contribution in [-0.4, -0.2) is 40.2 Å². The molecule has 1 saturated carbocycles. The third kappa shape index (κ3) is 4.24. The standard InChI is InChI=1S/C21H36N4O/c1-6-15(2)25-19(17-7-8-17)18(14-23-25)22-13-16-9-11-24(12-10-16)20(26)21(3,4)5/h14-17,22H,6-13H2,1-5H3. The zero-order valence-electron chi connectivity index (χ0n) is 17.2. The number of carbonyl (C=O) groups is 1. The van der Waals surface area contributed by atoms with Crippen molar-refractivity contribution in [1.29, 1.82) is 0 Å². The predicted molar refractivity (Wildman–Crippen MR) is 106 cm³/mol. The fourth-order valence-electron chi connectivity index (χ4n) is 3.86. The van der Waals surface area contributed by atoms with Gasteiger partial charge in [0.15, 0.2) is 0 Å². The Labute approximate surface area is 158 Å². The number of amides is 1. The lowest BCUT2D eigenvalue weighted by molar-refractivity contribution is -0.140. The van der Waals surface area contributed by atoms with E-state index in [2.05, 4.69) is 28.9 Å². The molecule has 1 aliphatic carbocycles. The molecule has 0 aromatic carbocycles. The van der Waals surface area contributed by atoms with Gasteiger partial charge in [-0.25, -0.2) is 0 Å². The summed E-state index contributed by atoms with van der Waals surface area (Å²) in [5.74, 6) is 1.62. The largest absolute Gasteiger partial charge is 0.382 e. The van der Waals surface area contributed by atoms with E-state index in [4.69, 9.17) is 0 Å². The molecular weight excluding hydrogens is 324 g/mol. The summed E-state index contributed by atoms with van der Waals surface area (Å²) in [5.41, 5.74) is 2.38. The summed E-state index contributed by atoms with van der Waals surface area (Å²) in [4.78, 5) is 14.5. The van der Waals surface area contributed by atoms with Crippen LogP contribution in [0.4, 0.5) is 5.69 Å². The van der Waals surface area contributed by atoms with Crippen molar-refractivity contribution in [3.63, 3.8) is 0 Å². The van der Waals surface area contributed by atoms with Crippen LogP contribution < -0.4 is 5.32 Å². The van der Waals surface area contributed by atoms with Crippen LogP contribution in [0, 0.1) is 11.3 Å². The molecule has 0 radical (unpaired) electrons. The van der Waals surface area contributed by atoms with Crippen LogP contribution in [0.1, 0.15) is 84.4 Å². The number of carbonyl (C=O) groups excluding carboxylic acids is 1. The Morgan fingerprint density at radius 1 is 1.27 bits per heavy atom. The van der Waals surface area contributed by atoms with Crippen molar-refractivity contribution >= 4 is 11.6 Å². The molecule has 3 rings (SSSR count). The monoisotopic (exact) mass is 360 g/mol. The van der Waals surface area contributed by atoms with E-state index < -0.39 is 0 Å². The second kappa shape index (κ2) is 7.61. The van der Waals surface area contributed by atoms with E-state index >= 15 is 0 Å². The molecule has 0 spiro atoms. The molecular formula is C21H36N4O. The Bertz CT molecular complexity index is 618. The lowest BCUT2D eigenvalue weighted by atomic mass is 9.91. The molecule has 2 fully saturated rings. The maximum atomic E-state index is 12.4. The number of rotatable bonds is 6. The van der Waals surface area contributed by atoms with Gasteiger partial charge >= 0.3 is 0 Å². The quantitative estimate of drug-likeness (QED) is 0.816. The summed E-state index contributed by atoms with van der Waals surface area (Å²) < 4.78 is 2.24. The van der Waals surface area contributed by atoms with Crippen LogP contribution >= 0.6 is 0 Å². The Balaban J connectivity index is 1.55. The van der Waals surface area contributed by atoms with Crippen LogP contribution in [0.2, 0.25) is 0 Å². The van der Waals surface area contributed by atoms with Crippen LogP contribution in [0.15, 0.2) is 6.20 Å². The smallest absolute Gasteiger partial charge is 0.227 e. The van der Waals surface area contributed by atoms with Crippen molar-refractivity contribution < 1.29 is 4.79 Å². The highest BCUT2D eigenvalue weighted by atomic mass is 16.2. The molecule has 2 aliphatic rings. The van der Waals surface area contributed by atoms with Gasteiger partial charge in [0.1, 0.15) is 0 Å². The highest BCUT2D eigenvalue weighted by Crippen LogP contribution is 2.44. The minimum absolute atomic E-state index is 0.269. The molecule has 146 valence electrons. The molecule has 0 bridgehead atoms. The van der Waals surface area contributed by atoms with Crippen molar-refractivity contribution in [2.45, 2.75) is 78.7 Å². The van der Waals surface area contributed by atoms with Crippen molar-refractivity contribution in [2.24, 2.45) is 11.3 Å². The zero-order valence-corrected chi connectivity index (χ0v) is 17.2. The number of hydrogen-bond donors (Lipinski definition) is 1. The summed E-state index contributed by atoms with van der Waals surface area (Å²) in [5, 5.41) is 8.37. The molecule has 1 amide bonds. The molecule has 26 heavy (non-hydrogen) atoms. The number of piperidine rings is 1. The lowest BCUT2D eigenvalue weighted by Crippen LogP contribution is -2.44. The van der Waals surface area contributed by atoms with Crippen LogP contribution in [0.25, 0.3) is 0 Å². The molecule has 1 aromatic rings. The third-order valence-corrected chi connectivity index (χ3v) is 5.93. The molecule has 2 heterocycles. The van der Waals surface area contributed by atoms with Crippen molar-refractivity contribution in [2.75, 3.05) is 25.0 Å². The van der Waals surface area contributed by atoms with E-state index in [-0.39, 0.29) is 11.3 Å². The normalized spacial score (nSPS) is 20.3. The zero-order chi connectivity index (χ0) is 18.9. The summed E-state index contributed by atoms with van der Waals surface area (Å²) in [6.45, 7) is 13.3. The number of hydrogen-bond acceptors (Lipinski definition) is 3. The van der Waals surface area contributed by atoms with Gasteiger partial charge in [-0.2, -0.15) is 5.10 Å². The fraction of sp³-hybridized carbons (Fsp3) is 0.810. The van der Waals surface area contributed by atoms with Crippen molar-refractivity contribution in [3.8, 4) is 0 Å². The first-order valence-corrected chi connectivity index (χ1v) is 10.4. The number of likely N-dealkylation sites (tertiary alicyclic amines) is 1. The van der Waals surface area contributed by atoms with Gasteiger partial charge in [-0.3, -0.25) is 9.48 Å². The van der Waals surface area contributed by atoms with Crippen LogP contribution in [0.5, 0.6) is 0 Å². The number of nitrogens with one attached hydrogen (secondary N) is 1. The second-order valence-corrected chi connectivity index (χ2v) is 9.29. The van der Waals surface area contributed by atoms with Gasteiger partial charge in [0.05, 0.1) is 17.6 Å².